The first-order chi connectivity index (χ1) is 14.1. The van der Waals surface area contributed by atoms with E-state index in [9.17, 15) is 9.59 Å². The molecule has 150 valence electrons. The van der Waals surface area contributed by atoms with Gasteiger partial charge in [-0.25, -0.2) is 4.79 Å². The average Bonchev–Trinajstić information content (AvgIpc) is 3.41. The summed E-state index contributed by atoms with van der Waals surface area (Å²) in [4.78, 5) is 29.3. The van der Waals surface area contributed by atoms with E-state index < -0.39 is 5.97 Å². The molecule has 0 radical (unpaired) electrons. The molecular formula is C21H19NO5S2. The topological polar surface area (TPSA) is 65.1 Å². The fourth-order valence-corrected chi connectivity index (χ4v) is 4.36. The van der Waals surface area contributed by atoms with Crippen molar-refractivity contribution in [1.82, 2.24) is 0 Å². The van der Waals surface area contributed by atoms with Crippen LogP contribution in [0.15, 0.2) is 47.8 Å². The summed E-state index contributed by atoms with van der Waals surface area (Å²) < 4.78 is 16.5. The Balaban J connectivity index is 1.52. The number of rotatable bonds is 6. The van der Waals surface area contributed by atoms with Gasteiger partial charge in [-0.15, -0.1) is 22.7 Å². The molecule has 0 saturated heterocycles. The molecule has 3 heterocycles. The summed E-state index contributed by atoms with van der Waals surface area (Å²) in [5.41, 5.74) is 0.663. The summed E-state index contributed by atoms with van der Waals surface area (Å²) >= 11 is 2.90. The summed E-state index contributed by atoms with van der Waals surface area (Å²) in [7, 11) is 0. The standard InChI is InChI=1S/C21H19NO5S2/c1-14-4-7-19(29-14)21(24)27-13-20(23)22(12-16-3-2-10-28-16)15-5-6-17-18(11-15)26-9-8-25-17/h2-7,10-11H,8-9,12-13H2,1H3. The Morgan fingerprint density at radius 1 is 1.10 bits per heavy atom. The molecule has 0 spiro atoms. The van der Waals surface area contributed by atoms with Gasteiger partial charge in [-0.3, -0.25) is 4.79 Å². The lowest BCUT2D eigenvalue weighted by molar-refractivity contribution is -0.121. The van der Waals surface area contributed by atoms with Crippen LogP contribution in [0.3, 0.4) is 0 Å². The van der Waals surface area contributed by atoms with Gasteiger partial charge in [0.15, 0.2) is 18.1 Å². The number of fused-ring (bicyclic) bond motifs is 1. The van der Waals surface area contributed by atoms with Gasteiger partial charge < -0.3 is 19.1 Å². The number of aryl methyl sites for hydroxylation is 1. The van der Waals surface area contributed by atoms with Crippen LogP contribution in [0.2, 0.25) is 0 Å². The Morgan fingerprint density at radius 2 is 1.93 bits per heavy atom. The van der Waals surface area contributed by atoms with E-state index in [2.05, 4.69) is 0 Å². The summed E-state index contributed by atoms with van der Waals surface area (Å²) in [6.45, 7) is 2.92. The normalized spacial score (nSPS) is 12.4. The highest BCUT2D eigenvalue weighted by atomic mass is 32.1. The maximum Gasteiger partial charge on any atom is 0.348 e. The van der Waals surface area contributed by atoms with Crippen molar-refractivity contribution >= 4 is 40.2 Å². The molecule has 0 N–H and O–H groups in total. The molecule has 1 amide bonds. The minimum Gasteiger partial charge on any atom is -0.486 e. The lowest BCUT2D eigenvalue weighted by Crippen LogP contribution is -2.34. The number of nitrogens with zero attached hydrogens (tertiary/aromatic N) is 1. The second-order valence-electron chi connectivity index (χ2n) is 6.37. The third-order valence-corrected chi connectivity index (χ3v) is 6.14. The Labute approximate surface area is 176 Å². The molecular weight excluding hydrogens is 410 g/mol. The first-order valence-electron chi connectivity index (χ1n) is 9.06. The quantitative estimate of drug-likeness (QED) is 0.547. The van der Waals surface area contributed by atoms with Gasteiger partial charge in [0.2, 0.25) is 0 Å². The van der Waals surface area contributed by atoms with Crippen molar-refractivity contribution in [3.8, 4) is 11.5 Å². The average molecular weight is 430 g/mol. The summed E-state index contributed by atoms with van der Waals surface area (Å²) in [6, 6.07) is 12.8. The predicted molar refractivity (Wildman–Crippen MR) is 112 cm³/mol. The van der Waals surface area contributed by atoms with Crippen LogP contribution in [0, 0.1) is 6.92 Å². The lowest BCUT2D eigenvalue weighted by atomic mass is 10.2. The number of carbonyl (C=O) groups is 2. The van der Waals surface area contributed by atoms with Gasteiger partial charge in [0.25, 0.3) is 5.91 Å². The fourth-order valence-electron chi connectivity index (χ4n) is 2.90. The lowest BCUT2D eigenvalue weighted by Gasteiger charge is -2.25. The Kier molecular flexibility index (Phi) is 5.82. The van der Waals surface area contributed by atoms with Gasteiger partial charge in [0.05, 0.1) is 6.54 Å². The first-order valence-corrected chi connectivity index (χ1v) is 10.8. The van der Waals surface area contributed by atoms with Crippen LogP contribution in [-0.4, -0.2) is 31.7 Å². The maximum atomic E-state index is 13.0. The smallest absolute Gasteiger partial charge is 0.348 e. The molecule has 1 aliphatic heterocycles. The van der Waals surface area contributed by atoms with Crippen LogP contribution in [-0.2, 0) is 16.1 Å². The molecule has 0 saturated carbocycles. The number of esters is 1. The van der Waals surface area contributed by atoms with Gasteiger partial charge in [-0.2, -0.15) is 0 Å². The van der Waals surface area contributed by atoms with Crippen LogP contribution in [0.4, 0.5) is 5.69 Å². The minimum atomic E-state index is -0.491. The third-order valence-electron chi connectivity index (χ3n) is 4.30. The van der Waals surface area contributed by atoms with Crippen LogP contribution in [0.1, 0.15) is 19.4 Å². The van der Waals surface area contributed by atoms with Gasteiger partial charge in [-0.1, -0.05) is 6.07 Å². The van der Waals surface area contributed by atoms with Crippen molar-refractivity contribution in [2.75, 3.05) is 24.7 Å². The van der Waals surface area contributed by atoms with Crippen molar-refractivity contribution < 1.29 is 23.8 Å². The minimum absolute atomic E-state index is 0.309. The summed E-state index contributed by atoms with van der Waals surface area (Å²) in [5.74, 6) is 0.457. The van der Waals surface area contributed by atoms with Crippen molar-refractivity contribution in [1.29, 1.82) is 0 Å². The van der Waals surface area contributed by atoms with E-state index in [1.54, 1.807) is 34.4 Å². The molecule has 4 rings (SSSR count). The molecule has 1 aromatic carbocycles. The van der Waals surface area contributed by atoms with Gasteiger partial charge in [-0.05, 0) is 42.6 Å². The summed E-state index contributed by atoms with van der Waals surface area (Å²) in [6.07, 6.45) is 0. The highest BCUT2D eigenvalue weighted by Crippen LogP contribution is 2.34. The van der Waals surface area contributed by atoms with E-state index >= 15 is 0 Å². The van der Waals surface area contributed by atoms with Crippen molar-refractivity contribution in [3.63, 3.8) is 0 Å². The monoisotopic (exact) mass is 429 g/mol. The Morgan fingerprint density at radius 3 is 2.66 bits per heavy atom. The van der Waals surface area contributed by atoms with Crippen molar-refractivity contribution in [2.45, 2.75) is 13.5 Å². The van der Waals surface area contributed by atoms with E-state index in [1.165, 1.54) is 11.3 Å². The van der Waals surface area contributed by atoms with E-state index in [-0.39, 0.29) is 12.5 Å². The molecule has 0 bridgehead atoms. The van der Waals surface area contributed by atoms with Crippen molar-refractivity contribution in [3.05, 3.63) is 62.5 Å². The van der Waals surface area contributed by atoms with Crippen molar-refractivity contribution in [2.24, 2.45) is 0 Å². The number of hydrogen-bond acceptors (Lipinski definition) is 7. The first kappa shape index (κ1) is 19.5. The predicted octanol–water partition coefficient (Wildman–Crippen LogP) is 4.28. The van der Waals surface area contributed by atoms with Gasteiger partial charge >= 0.3 is 5.97 Å². The zero-order valence-corrected chi connectivity index (χ0v) is 17.4. The van der Waals surface area contributed by atoms with Gasteiger partial charge in [0.1, 0.15) is 18.1 Å². The van der Waals surface area contributed by atoms with Gasteiger partial charge in [0, 0.05) is 21.5 Å². The zero-order valence-electron chi connectivity index (χ0n) is 15.8. The van der Waals surface area contributed by atoms with E-state index in [4.69, 9.17) is 14.2 Å². The highest BCUT2D eigenvalue weighted by Gasteiger charge is 2.22. The number of carbonyl (C=O) groups excluding carboxylic acids is 2. The van der Waals surface area contributed by atoms with Crippen LogP contribution in [0.5, 0.6) is 11.5 Å². The number of benzene rings is 1. The molecule has 3 aromatic rings. The number of amides is 1. The van der Waals surface area contributed by atoms with E-state index in [0.29, 0.717) is 41.8 Å². The molecule has 6 nitrogen and oxygen atoms in total. The molecule has 0 unspecified atom stereocenters. The Hall–Kier alpha value is -2.84. The van der Waals surface area contributed by atoms with Crippen LogP contribution in [0.25, 0.3) is 0 Å². The molecule has 0 atom stereocenters. The zero-order chi connectivity index (χ0) is 20.2. The van der Waals surface area contributed by atoms with Crippen LogP contribution < -0.4 is 14.4 Å². The SMILES string of the molecule is Cc1ccc(C(=O)OCC(=O)N(Cc2cccs2)c2ccc3c(c2)OCCO3)s1. The van der Waals surface area contributed by atoms with E-state index in [0.717, 1.165) is 9.75 Å². The largest absolute Gasteiger partial charge is 0.486 e. The number of anilines is 1. The second kappa shape index (κ2) is 8.67. The van der Waals surface area contributed by atoms with Crippen LogP contribution >= 0.6 is 22.7 Å². The number of ether oxygens (including phenoxy) is 3. The second-order valence-corrected chi connectivity index (χ2v) is 8.69. The molecule has 2 aromatic heterocycles. The molecule has 0 fully saturated rings. The molecule has 29 heavy (non-hydrogen) atoms. The summed E-state index contributed by atoms with van der Waals surface area (Å²) in [5, 5.41) is 1.96. The Bertz CT molecular complexity index is 1010. The molecule has 8 heteroatoms. The fraction of sp³-hybridized carbons (Fsp3) is 0.238. The third kappa shape index (κ3) is 4.60. The highest BCUT2D eigenvalue weighted by molar-refractivity contribution is 7.13. The molecule has 1 aliphatic rings. The number of hydrogen-bond donors (Lipinski definition) is 0. The molecule has 0 aliphatic carbocycles. The van der Waals surface area contributed by atoms with E-state index in [1.807, 2.05) is 36.6 Å². The number of thiophene rings is 2. The maximum absolute atomic E-state index is 13.0.